The number of rotatable bonds is 7. The minimum absolute atomic E-state index is 0.104. The number of esters is 1. The molecular formula is C20H20ClNO4. The summed E-state index contributed by atoms with van der Waals surface area (Å²) in [5.74, 6) is -0.0438. The number of benzene rings is 2. The Morgan fingerprint density at radius 1 is 1.15 bits per heavy atom. The van der Waals surface area contributed by atoms with Crippen molar-refractivity contribution in [1.82, 2.24) is 0 Å². The Labute approximate surface area is 157 Å². The van der Waals surface area contributed by atoms with E-state index in [1.54, 1.807) is 55.5 Å². The molecule has 136 valence electrons. The van der Waals surface area contributed by atoms with Crippen molar-refractivity contribution in [2.45, 2.75) is 13.8 Å². The van der Waals surface area contributed by atoms with Crippen molar-refractivity contribution in [3.8, 4) is 5.75 Å². The summed E-state index contributed by atoms with van der Waals surface area (Å²) in [6, 6.07) is 12.3. The Morgan fingerprint density at radius 2 is 1.88 bits per heavy atom. The van der Waals surface area contributed by atoms with Gasteiger partial charge in [0, 0.05) is 16.8 Å². The molecule has 0 heterocycles. The lowest BCUT2D eigenvalue weighted by molar-refractivity contribution is -0.137. The van der Waals surface area contributed by atoms with Crippen LogP contribution in [0.5, 0.6) is 5.75 Å². The lowest BCUT2D eigenvalue weighted by Gasteiger charge is -2.10. The van der Waals surface area contributed by atoms with Gasteiger partial charge in [0.25, 0.3) is 5.91 Å². The molecule has 2 aromatic rings. The van der Waals surface area contributed by atoms with Crippen LogP contribution in [-0.2, 0) is 14.3 Å². The average Bonchev–Trinajstić information content (AvgIpc) is 2.61. The van der Waals surface area contributed by atoms with Crippen molar-refractivity contribution >= 4 is 35.2 Å². The number of hydrogen-bond acceptors (Lipinski definition) is 4. The van der Waals surface area contributed by atoms with E-state index in [-0.39, 0.29) is 18.5 Å². The summed E-state index contributed by atoms with van der Waals surface area (Å²) in [6.45, 7) is 3.85. The molecule has 0 aromatic heterocycles. The number of amides is 1. The SMILES string of the molecule is CCOC(=O)/C=C/c1ccc(NC(=O)COc2ccc(Cl)cc2C)cc1. The minimum Gasteiger partial charge on any atom is -0.483 e. The van der Waals surface area contributed by atoms with E-state index in [4.69, 9.17) is 21.1 Å². The summed E-state index contributed by atoms with van der Waals surface area (Å²) in [6.07, 6.45) is 3.01. The number of nitrogens with one attached hydrogen (secondary N) is 1. The van der Waals surface area contributed by atoms with E-state index in [9.17, 15) is 9.59 Å². The minimum atomic E-state index is -0.389. The Morgan fingerprint density at radius 3 is 2.54 bits per heavy atom. The highest BCUT2D eigenvalue weighted by Crippen LogP contribution is 2.21. The maximum absolute atomic E-state index is 12.0. The second kappa shape index (κ2) is 9.63. The van der Waals surface area contributed by atoms with Crippen LogP contribution < -0.4 is 10.1 Å². The van der Waals surface area contributed by atoms with Gasteiger partial charge in [-0.2, -0.15) is 0 Å². The first kappa shape index (κ1) is 19.5. The highest BCUT2D eigenvalue weighted by atomic mass is 35.5. The summed E-state index contributed by atoms with van der Waals surface area (Å²) in [5, 5.41) is 3.37. The molecule has 0 fully saturated rings. The van der Waals surface area contributed by atoms with E-state index in [1.807, 2.05) is 6.92 Å². The summed E-state index contributed by atoms with van der Waals surface area (Å²) in [4.78, 5) is 23.3. The van der Waals surface area contributed by atoms with Gasteiger partial charge < -0.3 is 14.8 Å². The lowest BCUT2D eigenvalue weighted by Crippen LogP contribution is -2.20. The van der Waals surface area contributed by atoms with Gasteiger partial charge in [-0.25, -0.2) is 4.79 Å². The molecule has 1 N–H and O–H groups in total. The third-order valence-corrected chi connectivity index (χ3v) is 3.62. The second-order valence-corrected chi connectivity index (χ2v) is 5.89. The molecule has 26 heavy (non-hydrogen) atoms. The number of halogens is 1. The van der Waals surface area contributed by atoms with Gasteiger partial charge in [-0.1, -0.05) is 23.7 Å². The van der Waals surface area contributed by atoms with Crippen LogP contribution in [0.4, 0.5) is 5.69 Å². The molecule has 0 radical (unpaired) electrons. The fourth-order valence-corrected chi connectivity index (χ4v) is 2.37. The van der Waals surface area contributed by atoms with Crippen LogP contribution in [0.25, 0.3) is 6.08 Å². The maximum Gasteiger partial charge on any atom is 0.330 e. The number of hydrogen-bond donors (Lipinski definition) is 1. The van der Waals surface area contributed by atoms with Crippen molar-refractivity contribution in [2.24, 2.45) is 0 Å². The quantitative estimate of drug-likeness (QED) is 0.582. The van der Waals surface area contributed by atoms with Crippen LogP contribution in [0.1, 0.15) is 18.1 Å². The first-order valence-corrected chi connectivity index (χ1v) is 8.49. The third kappa shape index (κ3) is 6.26. The van der Waals surface area contributed by atoms with Crippen LogP contribution in [0.3, 0.4) is 0 Å². The Kier molecular flexibility index (Phi) is 7.24. The molecule has 0 aliphatic rings. The monoisotopic (exact) mass is 373 g/mol. The van der Waals surface area contributed by atoms with Crippen molar-refractivity contribution in [3.05, 3.63) is 64.7 Å². The molecule has 5 nitrogen and oxygen atoms in total. The smallest absolute Gasteiger partial charge is 0.330 e. The first-order valence-electron chi connectivity index (χ1n) is 8.11. The Bertz CT molecular complexity index is 800. The van der Waals surface area contributed by atoms with Crippen molar-refractivity contribution in [3.63, 3.8) is 0 Å². The van der Waals surface area contributed by atoms with Gasteiger partial charge in [0.05, 0.1) is 6.61 Å². The van der Waals surface area contributed by atoms with Crippen LogP contribution in [-0.4, -0.2) is 25.1 Å². The van der Waals surface area contributed by atoms with Crippen LogP contribution in [0.2, 0.25) is 5.02 Å². The number of ether oxygens (including phenoxy) is 2. The third-order valence-electron chi connectivity index (χ3n) is 3.39. The van der Waals surface area contributed by atoms with Gasteiger partial charge in [-0.3, -0.25) is 4.79 Å². The molecule has 2 aromatic carbocycles. The molecule has 0 saturated heterocycles. The maximum atomic E-state index is 12.0. The molecule has 0 unspecified atom stereocenters. The fraction of sp³-hybridized carbons (Fsp3) is 0.200. The van der Waals surface area contributed by atoms with Gasteiger partial charge in [0.15, 0.2) is 6.61 Å². The number of aryl methyl sites for hydroxylation is 1. The normalized spacial score (nSPS) is 10.6. The molecule has 2 rings (SSSR count). The molecule has 0 spiro atoms. The van der Waals surface area contributed by atoms with Gasteiger partial charge in [-0.05, 0) is 61.4 Å². The largest absolute Gasteiger partial charge is 0.483 e. The molecule has 0 aliphatic carbocycles. The predicted molar refractivity (Wildman–Crippen MR) is 102 cm³/mol. The summed E-state index contributed by atoms with van der Waals surface area (Å²) >= 11 is 5.89. The molecule has 0 atom stereocenters. The summed E-state index contributed by atoms with van der Waals surface area (Å²) in [5.41, 5.74) is 2.33. The summed E-state index contributed by atoms with van der Waals surface area (Å²) in [7, 11) is 0. The zero-order chi connectivity index (χ0) is 18.9. The standard InChI is InChI=1S/C20H20ClNO4/c1-3-25-20(24)11-6-15-4-8-17(9-5-15)22-19(23)13-26-18-10-7-16(21)12-14(18)2/h4-12H,3,13H2,1-2H3,(H,22,23)/b11-6+. The van der Waals surface area contributed by atoms with E-state index in [2.05, 4.69) is 5.32 Å². The molecule has 0 bridgehead atoms. The second-order valence-electron chi connectivity index (χ2n) is 5.45. The lowest BCUT2D eigenvalue weighted by atomic mass is 10.2. The van der Waals surface area contributed by atoms with E-state index in [0.29, 0.717) is 23.1 Å². The van der Waals surface area contributed by atoms with Gasteiger partial charge in [0.1, 0.15) is 5.75 Å². The first-order chi connectivity index (χ1) is 12.5. The molecular weight excluding hydrogens is 354 g/mol. The molecule has 0 aliphatic heterocycles. The van der Waals surface area contributed by atoms with E-state index < -0.39 is 0 Å². The van der Waals surface area contributed by atoms with Crippen LogP contribution in [0.15, 0.2) is 48.5 Å². The molecule has 1 amide bonds. The zero-order valence-corrected chi connectivity index (χ0v) is 15.4. The van der Waals surface area contributed by atoms with E-state index in [1.165, 1.54) is 6.08 Å². The van der Waals surface area contributed by atoms with E-state index >= 15 is 0 Å². The topological polar surface area (TPSA) is 64.6 Å². The van der Waals surface area contributed by atoms with Gasteiger partial charge in [0.2, 0.25) is 0 Å². The van der Waals surface area contributed by atoms with Crippen molar-refractivity contribution < 1.29 is 19.1 Å². The predicted octanol–water partition coefficient (Wildman–Crippen LogP) is 4.24. The highest BCUT2D eigenvalue weighted by molar-refractivity contribution is 6.30. The van der Waals surface area contributed by atoms with Gasteiger partial charge >= 0.3 is 5.97 Å². The van der Waals surface area contributed by atoms with Crippen LogP contribution in [0, 0.1) is 6.92 Å². The van der Waals surface area contributed by atoms with Crippen molar-refractivity contribution in [2.75, 3.05) is 18.5 Å². The zero-order valence-electron chi connectivity index (χ0n) is 14.6. The summed E-state index contributed by atoms with van der Waals surface area (Å²) < 4.78 is 10.3. The molecule has 0 saturated carbocycles. The Balaban J connectivity index is 1.86. The number of carbonyl (C=O) groups excluding carboxylic acids is 2. The van der Waals surface area contributed by atoms with E-state index in [0.717, 1.165) is 11.1 Å². The van der Waals surface area contributed by atoms with Gasteiger partial charge in [-0.15, -0.1) is 0 Å². The molecule has 6 heteroatoms. The number of carbonyl (C=O) groups is 2. The Hall–Kier alpha value is -2.79. The fourth-order valence-electron chi connectivity index (χ4n) is 2.15. The highest BCUT2D eigenvalue weighted by Gasteiger charge is 2.06. The van der Waals surface area contributed by atoms with Crippen molar-refractivity contribution in [1.29, 1.82) is 0 Å². The number of anilines is 1. The average molecular weight is 374 g/mol. The van der Waals surface area contributed by atoms with Crippen LogP contribution >= 0.6 is 11.6 Å².